The molecule has 1 atom stereocenters. The number of phenolic OH excluding ortho intramolecular Hbond substituents is 1. The molecule has 1 saturated heterocycles. The number of benzene rings is 2. The van der Waals surface area contributed by atoms with E-state index in [1.165, 1.54) is 7.11 Å². The van der Waals surface area contributed by atoms with Crippen molar-refractivity contribution in [2.45, 2.75) is 19.0 Å². The monoisotopic (exact) mass is 372 g/mol. The van der Waals surface area contributed by atoms with Crippen LogP contribution in [0.25, 0.3) is 22.4 Å². The fraction of sp³-hybridized carbons (Fsp3) is 0.316. The van der Waals surface area contributed by atoms with Gasteiger partial charge in [-0.2, -0.15) is 4.39 Å². The molecule has 27 heavy (non-hydrogen) atoms. The van der Waals surface area contributed by atoms with E-state index in [1.54, 1.807) is 6.07 Å². The molecule has 2 aliphatic rings. The van der Waals surface area contributed by atoms with E-state index in [2.05, 4.69) is 11.5 Å². The quantitative estimate of drug-likeness (QED) is 0.761. The van der Waals surface area contributed by atoms with Crippen molar-refractivity contribution < 1.29 is 28.4 Å². The molecule has 1 aromatic heterocycles. The zero-order valence-electron chi connectivity index (χ0n) is 14.7. The molecule has 7 nitrogen and oxygen atoms in total. The van der Waals surface area contributed by atoms with Crippen LogP contribution in [-0.2, 0) is 10.3 Å². The molecule has 2 aromatic carbocycles. The van der Waals surface area contributed by atoms with Crippen molar-refractivity contribution in [1.82, 2.24) is 9.55 Å². The Morgan fingerprint density at radius 2 is 2.00 bits per heavy atom. The molecular formula is C19H17FN2O5. The zero-order chi connectivity index (χ0) is 18.8. The maximum atomic E-state index is 13.8. The van der Waals surface area contributed by atoms with Crippen LogP contribution in [0.3, 0.4) is 0 Å². The number of alkyl halides is 1. The molecule has 0 amide bonds. The van der Waals surface area contributed by atoms with Crippen molar-refractivity contribution in [2.24, 2.45) is 0 Å². The lowest BCUT2D eigenvalue weighted by atomic mass is 9.98. The van der Waals surface area contributed by atoms with Crippen LogP contribution in [0.4, 0.5) is 4.39 Å². The Bertz CT molecular complexity index is 1060. The molecule has 140 valence electrons. The van der Waals surface area contributed by atoms with E-state index >= 15 is 0 Å². The second-order valence-corrected chi connectivity index (χ2v) is 6.89. The molecule has 5 rings (SSSR count). The number of phenols is 1. The first-order chi connectivity index (χ1) is 13.0. The standard InChI is InChI=1S/C19H17FN2O5/c1-19(8-25-9-19)22-12-6-4-3-5-11(12)21-17(22)10-7-13(24-2)14(23)16-15(10)26-18(20)27-16/h3-7,18,23H,8-9H2,1-2H3. The number of hydrogen-bond acceptors (Lipinski definition) is 6. The first kappa shape index (κ1) is 16.2. The minimum Gasteiger partial charge on any atom is -0.502 e. The number of aromatic nitrogens is 2. The summed E-state index contributed by atoms with van der Waals surface area (Å²) in [6.07, 6.45) is 0. The van der Waals surface area contributed by atoms with Gasteiger partial charge in [-0.1, -0.05) is 12.1 Å². The van der Waals surface area contributed by atoms with Crippen LogP contribution >= 0.6 is 0 Å². The van der Waals surface area contributed by atoms with Crippen LogP contribution in [0.2, 0.25) is 0 Å². The lowest BCUT2D eigenvalue weighted by Gasteiger charge is -2.40. The highest BCUT2D eigenvalue weighted by Gasteiger charge is 2.41. The Balaban J connectivity index is 1.83. The summed E-state index contributed by atoms with van der Waals surface area (Å²) in [6.45, 7) is 1.13. The number of para-hydroxylation sites is 2. The second kappa shape index (κ2) is 5.50. The van der Waals surface area contributed by atoms with Crippen molar-refractivity contribution in [3.05, 3.63) is 30.3 Å². The third kappa shape index (κ3) is 2.19. The number of halogens is 1. The van der Waals surface area contributed by atoms with Crippen LogP contribution in [0.1, 0.15) is 6.92 Å². The molecule has 3 aromatic rings. The van der Waals surface area contributed by atoms with Crippen LogP contribution in [-0.4, -0.2) is 41.5 Å². The summed E-state index contributed by atoms with van der Waals surface area (Å²) in [7, 11) is 1.41. The summed E-state index contributed by atoms with van der Waals surface area (Å²) in [5.41, 5.74) is 1.88. The average Bonchev–Trinajstić information content (AvgIpc) is 3.21. The summed E-state index contributed by atoms with van der Waals surface area (Å²) in [5.74, 6) is 0.410. The highest BCUT2D eigenvalue weighted by atomic mass is 19.2. The Morgan fingerprint density at radius 1 is 1.26 bits per heavy atom. The molecule has 8 heteroatoms. The van der Waals surface area contributed by atoms with Gasteiger partial charge in [0.05, 0.1) is 42.5 Å². The summed E-state index contributed by atoms with van der Waals surface area (Å²) >= 11 is 0. The first-order valence-corrected chi connectivity index (χ1v) is 8.49. The van der Waals surface area contributed by atoms with Gasteiger partial charge in [-0.15, -0.1) is 0 Å². The lowest BCUT2D eigenvalue weighted by molar-refractivity contribution is -0.0869. The van der Waals surface area contributed by atoms with Crippen molar-refractivity contribution in [3.63, 3.8) is 0 Å². The number of imidazole rings is 1. The number of methoxy groups -OCH3 is 1. The minimum atomic E-state index is -2.00. The molecule has 1 N–H and O–H groups in total. The van der Waals surface area contributed by atoms with Gasteiger partial charge in [0.15, 0.2) is 11.5 Å². The highest BCUT2D eigenvalue weighted by Crippen LogP contribution is 2.53. The largest absolute Gasteiger partial charge is 0.502 e. The van der Waals surface area contributed by atoms with E-state index in [0.717, 1.165) is 11.0 Å². The summed E-state index contributed by atoms with van der Waals surface area (Å²) in [5, 5.41) is 10.3. The van der Waals surface area contributed by atoms with Crippen LogP contribution < -0.4 is 14.2 Å². The highest BCUT2D eigenvalue weighted by molar-refractivity contribution is 5.85. The molecule has 0 bridgehead atoms. The smallest absolute Gasteiger partial charge is 0.397 e. The van der Waals surface area contributed by atoms with Gasteiger partial charge in [0.1, 0.15) is 5.82 Å². The Hall–Kier alpha value is -3.00. The van der Waals surface area contributed by atoms with E-state index in [4.69, 9.17) is 23.9 Å². The molecule has 0 aliphatic carbocycles. The fourth-order valence-corrected chi connectivity index (χ4v) is 3.64. The average molecular weight is 372 g/mol. The Labute approximate surface area is 153 Å². The predicted molar refractivity (Wildman–Crippen MR) is 94.0 cm³/mol. The number of nitrogens with zero attached hydrogens (tertiary/aromatic N) is 2. The fourth-order valence-electron chi connectivity index (χ4n) is 3.64. The topological polar surface area (TPSA) is 75.0 Å². The van der Waals surface area contributed by atoms with Gasteiger partial charge in [0.25, 0.3) is 0 Å². The molecule has 1 unspecified atom stereocenters. The van der Waals surface area contributed by atoms with Gasteiger partial charge >= 0.3 is 6.54 Å². The summed E-state index contributed by atoms with van der Waals surface area (Å²) < 4.78 is 36.7. The maximum absolute atomic E-state index is 13.8. The summed E-state index contributed by atoms with van der Waals surface area (Å²) in [6, 6.07) is 9.30. The molecule has 0 radical (unpaired) electrons. The minimum absolute atomic E-state index is 0.0922. The van der Waals surface area contributed by atoms with E-state index < -0.39 is 6.54 Å². The van der Waals surface area contributed by atoms with Gasteiger partial charge < -0.3 is 28.6 Å². The van der Waals surface area contributed by atoms with E-state index in [0.29, 0.717) is 24.6 Å². The zero-order valence-corrected chi connectivity index (χ0v) is 14.7. The molecule has 0 spiro atoms. The molecular weight excluding hydrogens is 355 g/mol. The van der Waals surface area contributed by atoms with Crippen LogP contribution in [0.5, 0.6) is 23.0 Å². The number of ether oxygens (including phenoxy) is 4. The van der Waals surface area contributed by atoms with E-state index in [9.17, 15) is 9.50 Å². The number of hydrogen-bond donors (Lipinski definition) is 1. The number of fused-ring (bicyclic) bond motifs is 2. The Morgan fingerprint density at radius 3 is 2.70 bits per heavy atom. The molecule has 0 saturated carbocycles. The molecule has 2 aliphatic heterocycles. The predicted octanol–water partition coefficient (Wildman–Crippen LogP) is 3.19. The van der Waals surface area contributed by atoms with Crippen LogP contribution in [0.15, 0.2) is 30.3 Å². The molecule has 1 fully saturated rings. The van der Waals surface area contributed by atoms with Gasteiger partial charge in [-0.05, 0) is 25.1 Å². The SMILES string of the molecule is COc1cc(-c2nc3ccccc3n2C2(C)COC2)c2c(c1O)OC(F)O2. The maximum Gasteiger partial charge on any atom is 0.397 e. The van der Waals surface area contributed by atoms with Gasteiger partial charge in [0, 0.05) is 0 Å². The first-order valence-electron chi connectivity index (χ1n) is 8.49. The second-order valence-electron chi connectivity index (χ2n) is 6.89. The van der Waals surface area contributed by atoms with E-state index in [1.807, 2.05) is 24.3 Å². The van der Waals surface area contributed by atoms with Crippen LogP contribution in [0, 0.1) is 0 Å². The van der Waals surface area contributed by atoms with Crippen molar-refractivity contribution in [3.8, 4) is 34.4 Å². The third-order valence-electron chi connectivity index (χ3n) is 4.98. The third-order valence-corrected chi connectivity index (χ3v) is 4.98. The number of aromatic hydroxyl groups is 1. The van der Waals surface area contributed by atoms with Gasteiger partial charge in [-0.25, -0.2) is 4.98 Å². The molecule has 3 heterocycles. The van der Waals surface area contributed by atoms with Gasteiger partial charge in [0.2, 0.25) is 11.5 Å². The van der Waals surface area contributed by atoms with Crippen molar-refractivity contribution in [2.75, 3.05) is 20.3 Å². The Kier molecular flexibility index (Phi) is 3.30. The van der Waals surface area contributed by atoms with Crippen molar-refractivity contribution >= 4 is 11.0 Å². The number of rotatable bonds is 3. The van der Waals surface area contributed by atoms with Crippen molar-refractivity contribution in [1.29, 1.82) is 0 Å². The van der Waals surface area contributed by atoms with E-state index in [-0.39, 0.29) is 28.5 Å². The summed E-state index contributed by atoms with van der Waals surface area (Å²) in [4.78, 5) is 4.75. The lowest BCUT2D eigenvalue weighted by Crippen LogP contribution is -2.49. The van der Waals surface area contributed by atoms with Gasteiger partial charge in [-0.3, -0.25) is 0 Å². The normalized spacial score (nSPS) is 19.9.